The Morgan fingerprint density at radius 3 is 2.50 bits per heavy atom. The smallest absolute Gasteiger partial charge is 0.123 e. The lowest BCUT2D eigenvalue weighted by Gasteiger charge is -2.15. The molecule has 0 saturated heterocycles. The zero-order valence-electron chi connectivity index (χ0n) is 8.54. The van der Waals surface area contributed by atoms with E-state index in [0.717, 1.165) is 11.1 Å². The Kier molecular flexibility index (Phi) is 3.39. The molecule has 0 aliphatic heterocycles. The lowest BCUT2D eigenvalue weighted by Crippen LogP contribution is -2.02. The van der Waals surface area contributed by atoms with Crippen molar-refractivity contribution in [1.29, 1.82) is 0 Å². The van der Waals surface area contributed by atoms with Crippen LogP contribution >= 0.6 is 11.6 Å². The van der Waals surface area contributed by atoms with E-state index in [9.17, 15) is 8.78 Å². The second-order valence-electron chi connectivity index (χ2n) is 3.73. The van der Waals surface area contributed by atoms with Gasteiger partial charge in [0.05, 0.1) is 5.38 Å². The first kappa shape index (κ1) is 11.3. The van der Waals surface area contributed by atoms with Crippen molar-refractivity contribution in [3.8, 4) is 0 Å². The van der Waals surface area contributed by atoms with E-state index in [4.69, 9.17) is 11.6 Å². The summed E-state index contributed by atoms with van der Waals surface area (Å²) in [5.41, 5.74) is 1.68. The molecule has 0 amide bonds. The largest absolute Gasteiger partial charge is 0.243 e. The number of benzene rings is 1. The van der Waals surface area contributed by atoms with Gasteiger partial charge in [-0.05, 0) is 23.3 Å². The molecule has 2 unspecified atom stereocenters. The minimum Gasteiger partial charge on any atom is -0.243 e. The highest BCUT2D eigenvalue weighted by atomic mass is 35.5. The molecule has 0 heterocycles. The predicted molar refractivity (Wildman–Crippen MR) is 61.7 cm³/mol. The highest BCUT2D eigenvalue weighted by Gasteiger charge is 2.15. The Balaban J connectivity index is 2.17. The Bertz CT molecular complexity index is 420. The van der Waals surface area contributed by atoms with Crippen molar-refractivity contribution in [2.75, 3.05) is 0 Å². The van der Waals surface area contributed by atoms with Crippen molar-refractivity contribution in [2.45, 2.75) is 18.0 Å². The average molecular weight is 241 g/mol. The molecule has 0 aromatic heterocycles. The molecule has 0 spiro atoms. The predicted octanol–water partition coefficient (Wildman–Crippen LogP) is 4.33. The third kappa shape index (κ3) is 2.50. The van der Waals surface area contributed by atoms with Crippen molar-refractivity contribution in [1.82, 2.24) is 0 Å². The zero-order chi connectivity index (χ0) is 11.5. The zero-order valence-corrected chi connectivity index (χ0v) is 9.29. The number of rotatable bonds is 2. The van der Waals surface area contributed by atoms with Gasteiger partial charge in [0.25, 0.3) is 0 Å². The second kappa shape index (κ2) is 4.79. The third-order valence-electron chi connectivity index (χ3n) is 2.53. The van der Waals surface area contributed by atoms with Gasteiger partial charge in [0.15, 0.2) is 0 Å². The van der Waals surface area contributed by atoms with Gasteiger partial charge < -0.3 is 0 Å². The van der Waals surface area contributed by atoms with Crippen LogP contribution in [0, 0.1) is 5.82 Å². The van der Waals surface area contributed by atoms with Crippen LogP contribution < -0.4 is 0 Å². The van der Waals surface area contributed by atoms with Crippen molar-refractivity contribution < 1.29 is 8.78 Å². The number of hydrogen-bond donors (Lipinski definition) is 0. The molecule has 0 radical (unpaired) electrons. The fraction of sp³-hybridized carbons (Fsp3) is 0.231. The van der Waals surface area contributed by atoms with Crippen LogP contribution in [0.15, 0.2) is 48.1 Å². The lowest BCUT2D eigenvalue weighted by atomic mass is 9.98. The average Bonchev–Trinajstić information content (AvgIpc) is 2.30. The molecule has 1 aliphatic rings. The summed E-state index contributed by atoms with van der Waals surface area (Å²) in [6, 6.07) is 6.03. The van der Waals surface area contributed by atoms with Crippen LogP contribution in [0.2, 0.25) is 0 Å². The van der Waals surface area contributed by atoms with Crippen LogP contribution in [0.5, 0.6) is 0 Å². The molecule has 0 N–H and O–H groups in total. The summed E-state index contributed by atoms with van der Waals surface area (Å²) in [6.45, 7) is 0. The summed E-state index contributed by atoms with van der Waals surface area (Å²) in [6.07, 6.45) is 4.41. The molecule has 0 fully saturated rings. The van der Waals surface area contributed by atoms with Gasteiger partial charge >= 0.3 is 0 Å². The first-order chi connectivity index (χ1) is 7.66. The maximum atomic E-state index is 12.9. The van der Waals surface area contributed by atoms with Crippen molar-refractivity contribution >= 4 is 11.6 Å². The highest BCUT2D eigenvalue weighted by Crippen LogP contribution is 2.32. The summed E-state index contributed by atoms with van der Waals surface area (Å²) < 4.78 is 25.6. The van der Waals surface area contributed by atoms with E-state index in [1.165, 1.54) is 18.2 Å². The van der Waals surface area contributed by atoms with Gasteiger partial charge in [-0.2, -0.15) is 0 Å². The second-order valence-corrected chi connectivity index (χ2v) is 4.17. The van der Waals surface area contributed by atoms with E-state index >= 15 is 0 Å². The topological polar surface area (TPSA) is 0 Å². The first-order valence-corrected chi connectivity index (χ1v) is 5.52. The Hall–Kier alpha value is -1.15. The van der Waals surface area contributed by atoms with Gasteiger partial charge in [-0.15, -0.1) is 11.6 Å². The van der Waals surface area contributed by atoms with Crippen LogP contribution in [0.3, 0.4) is 0 Å². The summed E-state index contributed by atoms with van der Waals surface area (Å²) in [5, 5.41) is -0.343. The number of allylic oxidation sites excluding steroid dienone is 4. The Morgan fingerprint density at radius 1 is 1.25 bits per heavy atom. The molecule has 1 aromatic rings. The van der Waals surface area contributed by atoms with Gasteiger partial charge in [0, 0.05) is 6.42 Å². The molecule has 2 atom stereocenters. The fourth-order valence-electron chi connectivity index (χ4n) is 1.62. The number of halogens is 3. The normalized spacial score (nSPS) is 21.7. The summed E-state index contributed by atoms with van der Waals surface area (Å²) in [7, 11) is 0. The van der Waals surface area contributed by atoms with E-state index < -0.39 is 6.17 Å². The molecule has 2 rings (SSSR count). The molecular formula is C13H11ClF2. The molecule has 1 aromatic carbocycles. The van der Waals surface area contributed by atoms with Gasteiger partial charge in [0.2, 0.25) is 0 Å². The van der Waals surface area contributed by atoms with Crippen molar-refractivity contribution in [3.63, 3.8) is 0 Å². The van der Waals surface area contributed by atoms with Gasteiger partial charge in [-0.25, -0.2) is 8.78 Å². The molecule has 0 saturated carbocycles. The van der Waals surface area contributed by atoms with Crippen LogP contribution in [0.4, 0.5) is 8.78 Å². The number of alkyl halides is 2. The van der Waals surface area contributed by atoms with E-state index in [2.05, 4.69) is 0 Å². The van der Waals surface area contributed by atoms with Crippen LogP contribution in [0.25, 0.3) is 0 Å². The minimum absolute atomic E-state index is 0.287. The minimum atomic E-state index is -0.916. The Labute approximate surface area is 98.2 Å². The summed E-state index contributed by atoms with van der Waals surface area (Å²) in [4.78, 5) is 0. The summed E-state index contributed by atoms with van der Waals surface area (Å²) in [5.74, 6) is -0.287. The van der Waals surface area contributed by atoms with Gasteiger partial charge in [0.1, 0.15) is 12.0 Å². The molecule has 1 aliphatic carbocycles. The molecule has 84 valence electrons. The van der Waals surface area contributed by atoms with E-state index in [1.54, 1.807) is 24.3 Å². The highest BCUT2D eigenvalue weighted by molar-refractivity contribution is 6.22. The molecule has 16 heavy (non-hydrogen) atoms. The van der Waals surface area contributed by atoms with Gasteiger partial charge in [-0.3, -0.25) is 0 Å². The van der Waals surface area contributed by atoms with Crippen LogP contribution in [-0.2, 0) is 0 Å². The van der Waals surface area contributed by atoms with E-state index in [1.807, 2.05) is 0 Å². The van der Waals surface area contributed by atoms with Crippen molar-refractivity contribution in [2.24, 2.45) is 0 Å². The fourth-order valence-corrected chi connectivity index (χ4v) is 1.93. The lowest BCUT2D eigenvalue weighted by molar-refractivity contribution is 0.400. The summed E-state index contributed by atoms with van der Waals surface area (Å²) >= 11 is 6.22. The quantitative estimate of drug-likeness (QED) is 0.675. The third-order valence-corrected chi connectivity index (χ3v) is 3.04. The van der Waals surface area contributed by atoms with Gasteiger partial charge in [-0.1, -0.05) is 30.4 Å². The maximum Gasteiger partial charge on any atom is 0.123 e. The molecule has 0 bridgehead atoms. The van der Waals surface area contributed by atoms with Crippen molar-refractivity contribution in [3.05, 3.63) is 59.4 Å². The van der Waals surface area contributed by atoms with Crippen LogP contribution in [-0.4, -0.2) is 6.17 Å². The maximum absolute atomic E-state index is 12.9. The molecule has 0 nitrogen and oxygen atoms in total. The molecular weight excluding hydrogens is 230 g/mol. The monoisotopic (exact) mass is 240 g/mol. The SMILES string of the molecule is Fc1ccc(C(Cl)C2=CCC(F)C=C2)cc1. The Morgan fingerprint density at radius 2 is 1.94 bits per heavy atom. The van der Waals surface area contributed by atoms with Crippen LogP contribution in [0.1, 0.15) is 17.4 Å². The van der Waals surface area contributed by atoms with E-state index in [-0.39, 0.29) is 11.2 Å². The first-order valence-electron chi connectivity index (χ1n) is 5.08. The standard InChI is InChI=1S/C13H11ClF2/c14-13(9-1-5-11(15)6-2-9)10-3-7-12(16)8-4-10/h1-7,12-13H,8H2. The molecule has 3 heteroatoms. The number of hydrogen-bond acceptors (Lipinski definition) is 0. The van der Waals surface area contributed by atoms with E-state index in [0.29, 0.717) is 6.42 Å².